The maximum atomic E-state index is 5.63. The molecule has 12 aromatic carbocycles. The average Bonchev–Trinajstić information content (AvgIpc) is 4.23. The van der Waals surface area contributed by atoms with Gasteiger partial charge in [-0.1, -0.05) is 285 Å². The third kappa shape index (κ3) is 7.94. The van der Waals surface area contributed by atoms with Crippen LogP contribution >= 0.6 is 0 Å². The molecule has 0 saturated carbocycles. The first-order valence-corrected chi connectivity index (χ1v) is 32.1. The highest BCUT2D eigenvalue weighted by Gasteiger charge is 2.42. The summed E-state index contributed by atoms with van der Waals surface area (Å²) >= 11 is 0. The molecule has 82 heavy (non-hydrogen) atoms. The zero-order valence-electron chi connectivity index (χ0n) is 45.0. The molecule has 0 aliphatic carbocycles. The molecule has 0 N–H and O–H groups in total. The van der Waals surface area contributed by atoms with Crippen LogP contribution in [0.3, 0.4) is 0 Å². The number of fused-ring (bicyclic) bond motifs is 6. The van der Waals surface area contributed by atoms with Crippen LogP contribution in [0, 0.1) is 0 Å². The third-order valence-corrected chi connectivity index (χ3v) is 26.5. The van der Waals surface area contributed by atoms with Gasteiger partial charge in [-0.25, -0.2) is 9.97 Å². The van der Waals surface area contributed by atoms with Gasteiger partial charge in [0.05, 0.1) is 27.8 Å². The molecule has 6 heteroatoms. The minimum absolute atomic E-state index is 0.656. The van der Waals surface area contributed by atoms with E-state index in [1.807, 2.05) is 0 Å². The van der Waals surface area contributed by atoms with E-state index in [0.717, 1.165) is 50.1 Å². The van der Waals surface area contributed by atoms with E-state index in [0.29, 0.717) is 5.82 Å². The molecule has 3 aromatic heterocycles. The van der Waals surface area contributed by atoms with Crippen LogP contribution in [0.2, 0.25) is 0 Å². The molecular formula is C76H54N4Si2. The number of hydrogen-bond acceptors (Lipinski definition) is 2. The fraction of sp³-hybridized carbons (Fsp3) is 0. The Hall–Kier alpha value is -10.2. The minimum Gasteiger partial charge on any atom is -0.309 e. The quantitative estimate of drug-likeness (QED) is 0.0903. The van der Waals surface area contributed by atoms with Gasteiger partial charge in [-0.3, -0.25) is 4.57 Å². The number of para-hydroxylation sites is 3. The van der Waals surface area contributed by atoms with E-state index in [2.05, 4.69) is 337 Å². The van der Waals surface area contributed by atoms with Gasteiger partial charge in [0, 0.05) is 44.4 Å². The van der Waals surface area contributed by atoms with Gasteiger partial charge in [-0.15, -0.1) is 0 Å². The van der Waals surface area contributed by atoms with Gasteiger partial charge in [-0.2, -0.15) is 0 Å². The second-order valence-corrected chi connectivity index (χ2v) is 28.8. The zero-order valence-corrected chi connectivity index (χ0v) is 47.0. The Kier molecular flexibility index (Phi) is 12.2. The van der Waals surface area contributed by atoms with Gasteiger partial charge in [0.1, 0.15) is 5.82 Å². The van der Waals surface area contributed by atoms with Crippen LogP contribution in [-0.2, 0) is 0 Å². The SMILES string of the molecule is c1ccc([Si](c2ccccc2)(c2ccccc2)c2ccc(-c3cc(-n4c5ccccc5c5cc(-n6c7ccccc7c7ccccc76)ccc54)nc(-c4ccc([Si](c5ccccc5)(c5ccccc5)c5ccccc5)cc4)n3)cc2)cc1. The molecule has 3 heterocycles. The number of aromatic nitrogens is 4. The summed E-state index contributed by atoms with van der Waals surface area (Å²) in [5, 5.41) is 15.4. The van der Waals surface area contributed by atoms with Crippen LogP contribution in [-0.4, -0.2) is 35.2 Å². The van der Waals surface area contributed by atoms with E-state index in [1.54, 1.807) is 0 Å². The summed E-state index contributed by atoms with van der Waals surface area (Å²) in [6.07, 6.45) is 0. The molecule has 0 bridgehead atoms. The van der Waals surface area contributed by atoms with Gasteiger partial charge < -0.3 is 4.57 Å². The highest BCUT2D eigenvalue weighted by atomic mass is 28.3. The Morgan fingerprint density at radius 3 is 0.951 bits per heavy atom. The summed E-state index contributed by atoms with van der Waals surface area (Å²) in [5.41, 5.74) is 8.42. The maximum Gasteiger partial charge on any atom is 0.179 e. The van der Waals surface area contributed by atoms with Gasteiger partial charge in [0.15, 0.2) is 22.0 Å². The summed E-state index contributed by atoms with van der Waals surface area (Å²) in [5.74, 6) is 1.45. The zero-order chi connectivity index (χ0) is 54.5. The van der Waals surface area contributed by atoms with Crippen molar-refractivity contribution < 1.29 is 0 Å². The average molecular weight is 1080 g/mol. The molecule has 0 aliphatic heterocycles. The van der Waals surface area contributed by atoms with Crippen LogP contribution < -0.4 is 41.5 Å². The smallest absolute Gasteiger partial charge is 0.179 e. The molecule has 0 fully saturated rings. The molecular weight excluding hydrogens is 1030 g/mol. The van der Waals surface area contributed by atoms with Crippen molar-refractivity contribution in [1.82, 2.24) is 19.1 Å². The predicted octanol–water partition coefficient (Wildman–Crippen LogP) is 12.8. The largest absolute Gasteiger partial charge is 0.309 e. The molecule has 0 saturated heterocycles. The summed E-state index contributed by atoms with van der Waals surface area (Å²) in [6.45, 7) is 0. The second-order valence-electron chi connectivity index (χ2n) is 21.2. The minimum atomic E-state index is -2.80. The fourth-order valence-corrected chi connectivity index (χ4v) is 22.8. The Morgan fingerprint density at radius 2 is 0.549 bits per heavy atom. The Bertz CT molecular complexity index is 4320. The summed E-state index contributed by atoms with van der Waals surface area (Å²) in [4.78, 5) is 11.2. The van der Waals surface area contributed by atoms with Gasteiger partial charge in [0.25, 0.3) is 0 Å². The number of nitrogens with zero attached hydrogens (tertiary/aromatic N) is 4. The van der Waals surface area contributed by atoms with Crippen molar-refractivity contribution in [1.29, 1.82) is 0 Å². The maximum absolute atomic E-state index is 5.63. The standard InChI is InChI=1S/C76H54N4Si2/c1-7-25-58(26-8-1)81(59-27-9-2-10-28-59,60-29-11-3-12-30-60)64-48-43-55(44-49-64)70-54-75(80-73-42-24-21-39-68(73)69-53-57(47-52-74(69)80)79-71-40-22-19-37-66(71)67-38-20-23-41-72(67)79)78-76(77-70)56-45-50-65(51-46-56)82(61-31-13-4-14-32-61,62-33-15-5-16-34-62)63-35-17-6-18-36-63/h1-54H. The first-order chi connectivity index (χ1) is 40.7. The van der Waals surface area contributed by atoms with Crippen molar-refractivity contribution >= 4 is 101 Å². The van der Waals surface area contributed by atoms with Crippen molar-refractivity contribution in [3.63, 3.8) is 0 Å². The Balaban J connectivity index is 0.937. The Labute approximate surface area is 479 Å². The van der Waals surface area contributed by atoms with Gasteiger partial charge in [0.2, 0.25) is 0 Å². The van der Waals surface area contributed by atoms with E-state index in [1.165, 1.54) is 63.3 Å². The molecule has 0 unspecified atom stereocenters. The lowest BCUT2D eigenvalue weighted by molar-refractivity contribution is 1.05. The number of benzene rings is 12. The van der Waals surface area contributed by atoms with Crippen molar-refractivity contribution in [2.75, 3.05) is 0 Å². The van der Waals surface area contributed by atoms with Crippen molar-refractivity contribution in [3.05, 3.63) is 328 Å². The summed E-state index contributed by atoms with van der Waals surface area (Å²) in [7, 11) is -5.59. The van der Waals surface area contributed by atoms with E-state index >= 15 is 0 Å². The molecule has 15 aromatic rings. The molecule has 0 radical (unpaired) electrons. The third-order valence-electron chi connectivity index (χ3n) is 16.9. The molecule has 15 rings (SSSR count). The first kappa shape index (κ1) is 48.8. The number of rotatable bonds is 12. The lowest BCUT2D eigenvalue weighted by Crippen LogP contribution is -2.74. The fourth-order valence-electron chi connectivity index (χ4n) is 13.3. The molecule has 4 nitrogen and oxygen atoms in total. The summed E-state index contributed by atoms with van der Waals surface area (Å²) in [6, 6.07) is 120. The molecule has 0 amide bonds. The van der Waals surface area contributed by atoms with Gasteiger partial charge >= 0.3 is 0 Å². The topological polar surface area (TPSA) is 35.6 Å². The molecule has 0 spiro atoms. The molecule has 386 valence electrons. The van der Waals surface area contributed by atoms with Crippen molar-refractivity contribution in [2.45, 2.75) is 0 Å². The number of hydrogen-bond donors (Lipinski definition) is 0. The van der Waals surface area contributed by atoms with Crippen LogP contribution in [0.15, 0.2) is 328 Å². The molecule has 0 aliphatic rings. The van der Waals surface area contributed by atoms with Crippen molar-refractivity contribution in [3.8, 4) is 34.2 Å². The van der Waals surface area contributed by atoms with Crippen molar-refractivity contribution in [2.24, 2.45) is 0 Å². The van der Waals surface area contributed by atoms with E-state index in [-0.39, 0.29) is 0 Å². The normalized spacial score (nSPS) is 11.9. The van der Waals surface area contributed by atoms with Crippen LogP contribution in [0.25, 0.3) is 77.8 Å². The summed E-state index contributed by atoms with van der Waals surface area (Å²) < 4.78 is 4.74. The lowest BCUT2D eigenvalue weighted by Gasteiger charge is -2.34. The van der Waals surface area contributed by atoms with E-state index in [9.17, 15) is 0 Å². The monoisotopic (exact) mass is 1080 g/mol. The van der Waals surface area contributed by atoms with Crippen LogP contribution in [0.4, 0.5) is 0 Å². The van der Waals surface area contributed by atoms with Crippen LogP contribution in [0.5, 0.6) is 0 Å². The Morgan fingerprint density at radius 1 is 0.232 bits per heavy atom. The predicted molar refractivity (Wildman–Crippen MR) is 349 cm³/mol. The van der Waals surface area contributed by atoms with Gasteiger partial charge in [-0.05, 0) is 77.9 Å². The molecule has 0 atom stereocenters. The highest BCUT2D eigenvalue weighted by molar-refractivity contribution is 7.20. The van der Waals surface area contributed by atoms with E-state index in [4.69, 9.17) is 9.97 Å². The van der Waals surface area contributed by atoms with E-state index < -0.39 is 16.1 Å². The first-order valence-electron chi connectivity index (χ1n) is 28.1. The van der Waals surface area contributed by atoms with Crippen LogP contribution in [0.1, 0.15) is 0 Å². The lowest BCUT2D eigenvalue weighted by atomic mass is 10.1. The highest BCUT2D eigenvalue weighted by Crippen LogP contribution is 2.38. The second kappa shape index (κ2) is 20.4.